The van der Waals surface area contributed by atoms with Crippen molar-refractivity contribution < 1.29 is 4.79 Å². The molecule has 4 aromatic rings. The van der Waals surface area contributed by atoms with Crippen molar-refractivity contribution in [1.82, 2.24) is 19.4 Å². The van der Waals surface area contributed by atoms with Crippen LogP contribution in [0.1, 0.15) is 21.6 Å². The Morgan fingerprint density at radius 1 is 1.08 bits per heavy atom. The average molecular weight is 346 g/mol. The standard InChI is InChI=1S/C19H18N6O/c1-12-7-3-4-8-14(12)25-16(11-13(2)22-25)21-19(26)17-15-9-5-6-10-24(15)23-18(17)20/h3-11H,1-2H3,(H2,20,23)(H,21,26). The molecule has 3 heterocycles. The van der Waals surface area contributed by atoms with Crippen LogP contribution in [0.5, 0.6) is 0 Å². The molecule has 130 valence electrons. The minimum Gasteiger partial charge on any atom is -0.382 e. The number of nitrogens with zero attached hydrogens (tertiary/aromatic N) is 4. The molecule has 3 aromatic heterocycles. The van der Waals surface area contributed by atoms with E-state index >= 15 is 0 Å². The predicted octanol–water partition coefficient (Wildman–Crippen LogP) is 2.97. The van der Waals surface area contributed by atoms with Gasteiger partial charge >= 0.3 is 0 Å². The predicted molar refractivity (Wildman–Crippen MR) is 101 cm³/mol. The molecule has 26 heavy (non-hydrogen) atoms. The molecule has 0 fully saturated rings. The number of nitrogens with two attached hydrogens (primary N) is 1. The van der Waals surface area contributed by atoms with Crippen LogP contribution in [0.15, 0.2) is 54.7 Å². The number of carbonyl (C=O) groups excluding carboxylic acids is 1. The minimum absolute atomic E-state index is 0.187. The van der Waals surface area contributed by atoms with Crippen molar-refractivity contribution in [2.24, 2.45) is 0 Å². The second-order valence-corrected chi connectivity index (χ2v) is 6.11. The van der Waals surface area contributed by atoms with Gasteiger partial charge in [-0.15, -0.1) is 5.10 Å². The highest BCUT2D eigenvalue weighted by Gasteiger charge is 2.20. The first-order chi connectivity index (χ1) is 12.5. The number of anilines is 2. The maximum Gasteiger partial charge on any atom is 0.262 e. The first-order valence-electron chi connectivity index (χ1n) is 8.21. The van der Waals surface area contributed by atoms with Crippen LogP contribution in [0.4, 0.5) is 11.6 Å². The van der Waals surface area contributed by atoms with Crippen molar-refractivity contribution in [3.05, 3.63) is 71.5 Å². The topological polar surface area (TPSA) is 90.2 Å². The fourth-order valence-electron chi connectivity index (χ4n) is 3.00. The smallest absolute Gasteiger partial charge is 0.262 e. The number of para-hydroxylation sites is 1. The third kappa shape index (κ3) is 2.59. The molecule has 0 aliphatic carbocycles. The second kappa shape index (κ2) is 6.03. The molecule has 1 aromatic carbocycles. The fourth-order valence-corrected chi connectivity index (χ4v) is 3.00. The number of hydrogen-bond donors (Lipinski definition) is 2. The number of aromatic nitrogens is 4. The van der Waals surface area contributed by atoms with Gasteiger partial charge in [0.2, 0.25) is 0 Å². The Balaban J connectivity index is 1.75. The highest BCUT2D eigenvalue weighted by Crippen LogP contribution is 2.23. The average Bonchev–Trinajstić information content (AvgIpc) is 3.14. The minimum atomic E-state index is -0.321. The third-order valence-electron chi connectivity index (χ3n) is 4.21. The summed E-state index contributed by atoms with van der Waals surface area (Å²) in [6.07, 6.45) is 1.75. The Bertz CT molecular complexity index is 1120. The molecule has 0 saturated carbocycles. The van der Waals surface area contributed by atoms with Crippen LogP contribution in [-0.2, 0) is 0 Å². The van der Waals surface area contributed by atoms with Crippen LogP contribution in [0.2, 0.25) is 0 Å². The molecule has 0 aliphatic heterocycles. The summed E-state index contributed by atoms with van der Waals surface area (Å²) < 4.78 is 3.32. The van der Waals surface area contributed by atoms with Crippen LogP contribution >= 0.6 is 0 Å². The van der Waals surface area contributed by atoms with E-state index in [4.69, 9.17) is 5.73 Å². The van der Waals surface area contributed by atoms with Crippen LogP contribution < -0.4 is 11.1 Å². The summed E-state index contributed by atoms with van der Waals surface area (Å²) in [6, 6.07) is 15.2. The van der Waals surface area contributed by atoms with Gasteiger partial charge in [0.25, 0.3) is 5.91 Å². The zero-order chi connectivity index (χ0) is 18.3. The maximum atomic E-state index is 12.9. The molecule has 0 atom stereocenters. The van der Waals surface area contributed by atoms with Gasteiger partial charge < -0.3 is 11.1 Å². The number of hydrogen-bond acceptors (Lipinski definition) is 4. The van der Waals surface area contributed by atoms with E-state index in [2.05, 4.69) is 15.5 Å². The van der Waals surface area contributed by atoms with Crippen LogP contribution in [0.25, 0.3) is 11.2 Å². The van der Waals surface area contributed by atoms with Gasteiger partial charge in [-0.25, -0.2) is 9.20 Å². The lowest BCUT2D eigenvalue weighted by molar-refractivity contribution is 0.102. The van der Waals surface area contributed by atoms with Gasteiger partial charge in [0.05, 0.1) is 16.9 Å². The highest BCUT2D eigenvalue weighted by molar-refractivity contribution is 6.12. The number of benzene rings is 1. The molecule has 7 nitrogen and oxygen atoms in total. The Hall–Kier alpha value is -3.61. The number of fused-ring (bicyclic) bond motifs is 1. The van der Waals surface area contributed by atoms with Crippen molar-refractivity contribution in [3.8, 4) is 5.69 Å². The van der Waals surface area contributed by atoms with E-state index in [0.29, 0.717) is 16.9 Å². The van der Waals surface area contributed by atoms with Crippen molar-refractivity contribution in [2.75, 3.05) is 11.1 Å². The van der Waals surface area contributed by atoms with E-state index in [9.17, 15) is 4.79 Å². The normalized spacial score (nSPS) is 11.0. The van der Waals surface area contributed by atoms with Gasteiger partial charge in [0.15, 0.2) is 5.82 Å². The molecule has 0 spiro atoms. The molecule has 1 amide bonds. The van der Waals surface area contributed by atoms with Gasteiger partial charge in [-0.1, -0.05) is 24.3 Å². The quantitative estimate of drug-likeness (QED) is 0.597. The van der Waals surface area contributed by atoms with Gasteiger partial charge in [-0.3, -0.25) is 4.79 Å². The van der Waals surface area contributed by atoms with E-state index < -0.39 is 0 Å². The maximum absolute atomic E-state index is 12.9. The van der Waals surface area contributed by atoms with Crippen molar-refractivity contribution in [3.63, 3.8) is 0 Å². The van der Waals surface area contributed by atoms with Crippen LogP contribution in [0, 0.1) is 13.8 Å². The largest absolute Gasteiger partial charge is 0.382 e. The molecular weight excluding hydrogens is 328 g/mol. The lowest BCUT2D eigenvalue weighted by Gasteiger charge is -2.11. The Labute approximate surface area is 150 Å². The summed E-state index contributed by atoms with van der Waals surface area (Å²) in [5.74, 6) is 0.447. The Kier molecular flexibility index (Phi) is 3.69. The van der Waals surface area contributed by atoms with E-state index in [-0.39, 0.29) is 11.7 Å². The lowest BCUT2D eigenvalue weighted by atomic mass is 10.2. The van der Waals surface area contributed by atoms with E-state index in [0.717, 1.165) is 16.9 Å². The van der Waals surface area contributed by atoms with Crippen molar-refractivity contribution in [1.29, 1.82) is 0 Å². The summed E-state index contributed by atoms with van der Waals surface area (Å²) >= 11 is 0. The van der Waals surface area contributed by atoms with E-state index in [1.165, 1.54) is 0 Å². The number of aryl methyl sites for hydroxylation is 2. The van der Waals surface area contributed by atoms with Crippen LogP contribution in [0.3, 0.4) is 0 Å². The number of pyridine rings is 1. The number of nitrogen functional groups attached to an aromatic ring is 1. The van der Waals surface area contributed by atoms with E-state index in [1.807, 2.05) is 62.4 Å². The molecule has 3 N–H and O–H groups in total. The summed E-state index contributed by atoms with van der Waals surface area (Å²) in [5, 5.41) is 11.6. The van der Waals surface area contributed by atoms with E-state index in [1.54, 1.807) is 15.4 Å². The molecule has 0 unspecified atom stereocenters. The highest BCUT2D eigenvalue weighted by atomic mass is 16.1. The first kappa shape index (κ1) is 15.9. The summed E-state index contributed by atoms with van der Waals surface area (Å²) in [5.41, 5.74) is 9.74. The summed E-state index contributed by atoms with van der Waals surface area (Å²) in [6.45, 7) is 3.88. The third-order valence-corrected chi connectivity index (χ3v) is 4.21. The molecule has 0 aliphatic rings. The lowest BCUT2D eigenvalue weighted by Crippen LogP contribution is -2.16. The van der Waals surface area contributed by atoms with Gasteiger partial charge in [0.1, 0.15) is 11.4 Å². The Morgan fingerprint density at radius 3 is 2.65 bits per heavy atom. The molecular formula is C19H18N6O. The second-order valence-electron chi connectivity index (χ2n) is 6.11. The molecule has 0 radical (unpaired) electrons. The van der Waals surface area contributed by atoms with Gasteiger partial charge in [0, 0.05) is 12.3 Å². The Morgan fingerprint density at radius 2 is 1.85 bits per heavy atom. The molecule has 0 bridgehead atoms. The number of rotatable bonds is 3. The molecule has 7 heteroatoms. The fraction of sp³-hybridized carbons (Fsp3) is 0.105. The number of amides is 1. The van der Waals surface area contributed by atoms with Gasteiger partial charge in [-0.05, 0) is 37.6 Å². The van der Waals surface area contributed by atoms with Crippen molar-refractivity contribution in [2.45, 2.75) is 13.8 Å². The van der Waals surface area contributed by atoms with Crippen LogP contribution in [-0.4, -0.2) is 25.3 Å². The monoisotopic (exact) mass is 346 g/mol. The molecule has 4 rings (SSSR count). The summed E-state index contributed by atoms with van der Waals surface area (Å²) in [7, 11) is 0. The SMILES string of the molecule is Cc1cc(NC(=O)c2c(N)nn3ccccc23)n(-c2ccccc2C)n1. The van der Waals surface area contributed by atoms with Crippen molar-refractivity contribution >= 4 is 23.1 Å². The first-order valence-corrected chi connectivity index (χ1v) is 8.21. The zero-order valence-corrected chi connectivity index (χ0v) is 14.5. The zero-order valence-electron chi connectivity index (χ0n) is 14.5. The number of nitrogens with one attached hydrogen (secondary N) is 1. The van der Waals surface area contributed by atoms with Gasteiger partial charge in [-0.2, -0.15) is 5.10 Å². The molecule has 0 saturated heterocycles. The number of carbonyl (C=O) groups is 1. The summed E-state index contributed by atoms with van der Waals surface area (Å²) in [4.78, 5) is 12.9.